The Morgan fingerprint density at radius 1 is 0.704 bits per heavy atom. The number of hydrogen-bond acceptors (Lipinski definition) is 12. The number of ether oxygens (including phenoxy) is 1. The number of hydrogen-bond donors (Lipinski definition) is 4. The minimum Gasteiger partial charge on any atom is -0.549 e. The van der Waals surface area contributed by atoms with E-state index in [1.54, 1.807) is 50.2 Å². The summed E-state index contributed by atoms with van der Waals surface area (Å²) in [4.78, 5) is 62.7. The minimum absolute atomic E-state index is 0. The first-order valence-electron chi connectivity index (χ1n) is 16.6. The molecule has 0 atom stereocenters. The van der Waals surface area contributed by atoms with Crippen molar-refractivity contribution in [1.82, 2.24) is 9.80 Å². The van der Waals surface area contributed by atoms with E-state index in [0.717, 1.165) is 9.80 Å². The molecule has 1 heterocycles. The number of phenols is 2. The van der Waals surface area contributed by atoms with Crippen LogP contribution in [0.3, 0.4) is 0 Å². The molecule has 0 amide bonds. The smallest absolute Gasteiger partial charge is 0.549 e. The van der Waals surface area contributed by atoms with Crippen LogP contribution in [0.2, 0.25) is 0 Å². The molecule has 0 spiro atoms. The number of carboxylic acids is 4. The molecule has 0 aromatic heterocycles. The van der Waals surface area contributed by atoms with Crippen LogP contribution in [0.25, 0.3) is 0 Å². The predicted octanol–water partition coefficient (Wildman–Crippen LogP) is -4.30. The van der Waals surface area contributed by atoms with Crippen molar-refractivity contribution >= 4 is 29.8 Å². The summed E-state index contributed by atoms with van der Waals surface area (Å²) in [5.41, 5.74) is 1.41. The molecule has 0 aliphatic carbocycles. The van der Waals surface area contributed by atoms with Gasteiger partial charge < -0.3 is 45.0 Å². The van der Waals surface area contributed by atoms with Gasteiger partial charge in [0.25, 0.3) is 0 Å². The zero-order valence-electron chi connectivity index (χ0n) is 31.8. The van der Waals surface area contributed by atoms with Crippen LogP contribution in [-0.4, -0.2) is 86.3 Å². The normalized spacial score (nSPS) is 13.0. The van der Waals surface area contributed by atoms with Crippen LogP contribution in [0.15, 0.2) is 36.4 Å². The molecule has 16 heteroatoms. The predicted molar refractivity (Wildman–Crippen MR) is 181 cm³/mol. The molecular formula is C38H42N2Na2O12. The topological polar surface area (TPSA) is 228 Å². The molecule has 4 N–H and O–H groups in total. The van der Waals surface area contributed by atoms with Gasteiger partial charge >= 0.3 is 77.0 Å². The van der Waals surface area contributed by atoms with Crippen molar-refractivity contribution in [2.45, 2.75) is 72.1 Å². The number of phenolic OH excluding ortho intramolecular Hbond substituents is 2. The second kappa shape index (κ2) is 18.9. The Morgan fingerprint density at radius 2 is 1.09 bits per heavy atom. The van der Waals surface area contributed by atoms with Crippen LogP contribution in [0.4, 0.5) is 0 Å². The molecule has 0 saturated heterocycles. The summed E-state index contributed by atoms with van der Waals surface area (Å²) in [6, 6.07) is 10.0. The van der Waals surface area contributed by atoms with Gasteiger partial charge in [-0.25, -0.2) is 4.79 Å². The van der Waals surface area contributed by atoms with Gasteiger partial charge in [0.05, 0.1) is 30.6 Å². The van der Waals surface area contributed by atoms with Gasteiger partial charge in [0.15, 0.2) is 5.60 Å². The molecule has 14 nitrogen and oxygen atoms in total. The molecule has 0 unspecified atom stereocenters. The van der Waals surface area contributed by atoms with Gasteiger partial charge in [-0.2, -0.15) is 0 Å². The van der Waals surface area contributed by atoms with Crippen LogP contribution in [-0.2, 0) is 42.6 Å². The summed E-state index contributed by atoms with van der Waals surface area (Å²) in [5, 5.41) is 65.6. The molecule has 3 aromatic rings. The van der Waals surface area contributed by atoms with Crippen molar-refractivity contribution in [3.05, 3.63) is 92.0 Å². The van der Waals surface area contributed by atoms with Crippen LogP contribution >= 0.6 is 0 Å². The molecule has 1 aliphatic heterocycles. The van der Waals surface area contributed by atoms with Crippen molar-refractivity contribution in [1.29, 1.82) is 0 Å². The number of esters is 1. The van der Waals surface area contributed by atoms with Gasteiger partial charge in [0.2, 0.25) is 0 Å². The fourth-order valence-corrected chi connectivity index (χ4v) is 6.98. The Kier molecular flexibility index (Phi) is 16.4. The Morgan fingerprint density at radius 3 is 1.44 bits per heavy atom. The van der Waals surface area contributed by atoms with Gasteiger partial charge in [-0.1, -0.05) is 45.9 Å². The van der Waals surface area contributed by atoms with E-state index < -0.39 is 61.6 Å². The quantitative estimate of drug-likeness (QED) is 0.0800. The Bertz CT molecular complexity index is 1810. The third kappa shape index (κ3) is 9.66. The minimum atomic E-state index is -1.78. The van der Waals surface area contributed by atoms with E-state index in [1.807, 2.05) is 27.7 Å². The number of rotatable bonds is 16. The standard InChI is InChI=1S/C38H44N2O12.2Na/c1-19(2)24-11-29(21(5)26(35(24)49)13-39(15-31(41)42)16-32(43)44)38(28-10-8-7-9-23(28)37(51)52-38)30-12-25(20(3)4)36(50)27(22(30)6)14-40(17-33(45)46)18-34(47)48;;/h7-12,19-20,49-50H,13-18H2,1-6H3,(H,41,42)(H,43,44)(H,45,46)(H,47,48);;/q;2*+1/p-2. The maximum Gasteiger partial charge on any atom is 1.00 e. The number of nitrogens with zero attached hydrogens (tertiary/aromatic N) is 2. The van der Waals surface area contributed by atoms with Gasteiger partial charge in [-0.05, 0) is 66.1 Å². The second-order valence-corrected chi connectivity index (χ2v) is 13.7. The van der Waals surface area contributed by atoms with E-state index in [9.17, 15) is 54.6 Å². The first kappa shape index (κ1) is 46.7. The van der Waals surface area contributed by atoms with Crippen LogP contribution < -0.4 is 69.3 Å². The van der Waals surface area contributed by atoms with E-state index in [1.165, 1.54) is 0 Å². The first-order chi connectivity index (χ1) is 24.3. The molecule has 3 aromatic carbocycles. The van der Waals surface area contributed by atoms with Gasteiger partial charge in [-0.3, -0.25) is 19.4 Å². The molecule has 0 bridgehead atoms. The number of cyclic esters (lactones) is 1. The van der Waals surface area contributed by atoms with Gasteiger partial charge in [0.1, 0.15) is 11.5 Å². The molecule has 278 valence electrons. The summed E-state index contributed by atoms with van der Waals surface area (Å²) in [5.74, 6) is -7.44. The summed E-state index contributed by atoms with van der Waals surface area (Å²) >= 11 is 0. The first-order valence-corrected chi connectivity index (χ1v) is 16.6. The van der Waals surface area contributed by atoms with Gasteiger partial charge in [-0.15, -0.1) is 0 Å². The Balaban J connectivity index is 0.00000504. The maximum atomic E-state index is 13.8. The van der Waals surface area contributed by atoms with Crippen molar-refractivity contribution < 1.29 is 118 Å². The number of aromatic hydroxyl groups is 2. The number of carbonyl (C=O) groups is 5. The number of fused-ring (bicyclic) bond motifs is 1. The monoisotopic (exact) mass is 764 g/mol. The van der Waals surface area contributed by atoms with Crippen molar-refractivity contribution in [3.8, 4) is 11.5 Å². The number of carbonyl (C=O) groups excluding carboxylic acids is 3. The van der Waals surface area contributed by atoms with Crippen LogP contribution in [0, 0.1) is 13.8 Å². The van der Waals surface area contributed by atoms with E-state index >= 15 is 0 Å². The summed E-state index contributed by atoms with van der Waals surface area (Å²) in [6.45, 7) is 6.96. The zero-order valence-corrected chi connectivity index (χ0v) is 35.8. The summed E-state index contributed by atoms with van der Waals surface area (Å²) < 4.78 is 6.45. The molecule has 1 aliphatic rings. The number of benzene rings is 3. The maximum absolute atomic E-state index is 13.8. The average Bonchev–Trinajstić information content (AvgIpc) is 3.32. The van der Waals surface area contributed by atoms with Crippen molar-refractivity contribution in [2.75, 3.05) is 26.2 Å². The Labute approximate surface area is 357 Å². The third-order valence-corrected chi connectivity index (χ3v) is 9.39. The number of carboxylic acid groups (broad SMARTS) is 4. The van der Waals surface area contributed by atoms with Crippen LogP contribution in [0.5, 0.6) is 11.5 Å². The van der Waals surface area contributed by atoms with E-state index in [2.05, 4.69) is 0 Å². The zero-order chi connectivity index (χ0) is 38.8. The number of aliphatic carboxylic acids is 4. The Hall–Kier alpha value is -3.47. The van der Waals surface area contributed by atoms with Crippen LogP contribution in [0.1, 0.15) is 100.0 Å². The summed E-state index contributed by atoms with van der Waals surface area (Å²) in [7, 11) is 0. The van der Waals surface area contributed by atoms with Gasteiger partial charge in [0, 0.05) is 54.0 Å². The molecule has 54 heavy (non-hydrogen) atoms. The average molecular weight is 765 g/mol. The second-order valence-electron chi connectivity index (χ2n) is 13.7. The molecule has 0 radical (unpaired) electrons. The molecule has 4 rings (SSSR count). The SMILES string of the molecule is Cc1c(C2(c3cc(C(C)C)c(O)c(CN(CC(=O)[O-])CC(=O)O)c3C)OC(=O)c3ccccc32)cc(C(C)C)c(O)c1CN(CC(=O)[O-])CC(=O)O.[Na+].[Na+]. The van der Waals surface area contributed by atoms with E-state index in [-0.39, 0.29) is 112 Å². The van der Waals surface area contributed by atoms with E-state index in [0.29, 0.717) is 38.9 Å². The molecular weight excluding hydrogens is 722 g/mol. The third-order valence-electron chi connectivity index (χ3n) is 9.39. The van der Waals surface area contributed by atoms with E-state index in [4.69, 9.17) is 4.74 Å². The van der Waals surface area contributed by atoms with Crippen molar-refractivity contribution in [3.63, 3.8) is 0 Å². The van der Waals surface area contributed by atoms with Crippen molar-refractivity contribution in [2.24, 2.45) is 0 Å². The summed E-state index contributed by atoms with van der Waals surface area (Å²) in [6.07, 6.45) is 0. The molecule has 0 fully saturated rings. The fraction of sp³-hybridized carbons (Fsp3) is 0.395. The largest absolute Gasteiger partial charge is 1.00 e. The molecule has 0 saturated carbocycles. The fourth-order valence-electron chi connectivity index (χ4n) is 6.98.